The molecule has 0 aliphatic rings. The van der Waals surface area contributed by atoms with Crippen LogP contribution in [-0.4, -0.2) is 96.7 Å². The van der Waals surface area contributed by atoms with Gasteiger partial charge in [-0.3, -0.25) is 37.3 Å². The number of phosphoric acid groups is 2. The predicted molar refractivity (Wildman–Crippen MR) is 391 cm³/mol. The Bertz CT molecular complexity index is 1860. The molecule has 0 aliphatic heterocycles. The highest BCUT2D eigenvalue weighted by molar-refractivity contribution is 7.47. The third-order valence-electron chi connectivity index (χ3n) is 18.7. The Kier molecular flexibility index (Phi) is 67.4. The fraction of sp³-hybridized carbons (Fsp3) is 0.948. The lowest BCUT2D eigenvalue weighted by Gasteiger charge is -2.21. The number of hydrogen-bond donors (Lipinski definition) is 3. The smallest absolute Gasteiger partial charge is 0.462 e. The van der Waals surface area contributed by atoms with Crippen LogP contribution in [-0.2, 0) is 65.4 Å². The summed E-state index contributed by atoms with van der Waals surface area (Å²) < 4.78 is 68.5. The Labute approximate surface area is 588 Å². The van der Waals surface area contributed by atoms with Crippen molar-refractivity contribution < 1.29 is 80.2 Å². The molecule has 0 radical (unpaired) electrons. The van der Waals surface area contributed by atoms with Gasteiger partial charge in [-0.2, -0.15) is 0 Å². The summed E-state index contributed by atoms with van der Waals surface area (Å²) in [6.07, 6.45) is 56.7. The number of hydrogen-bond acceptors (Lipinski definition) is 15. The van der Waals surface area contributed by atoms with Gasteiger partial charge in [-0.25, -0.2) is 9.13 Å². The van der Waals surface area contributed by atoms with Crippen molar-refractivity contribution in [1.29, 1.82) is 0 Å². The summed E-state index contributed by atoms with van der Waals surface area (Å²) in [5.41, 5.74) is 0. The Morgan fingerprint density at radius 3 is 0.740 bits per heavy atom. The molecule has 7 atom stereocenters. The van der Waals surface area contributed by atoms with Gasteiger partial charge in [0.25, 0.3) is 0 Å². The molecule has 570 valence electrons. The monoisotopic (exact) mass is 1410 g/mol. The number of carbonyl (C=O) groups excluding carboxylic acids is 4. The molecule has 0 saturated heterocycles. The number of esters is 4. The summed E-state index contributed by atoms with van der Waals surface area (Å²) in [4.78, 5) is 72.8. The highest BCUT2D eigenvalue weighted by Gasteiger charge is 2.30. The molecule has 0 aromatic heterocycles. The second kappa shape index (κ2) is 68.8. The van der Waals surface area contributed by atoms with Gasteiger partial charge in [0.15, 0.2) is 12.2 Å². The Balaban J connectivity index is 5.21. The molecule has 4 unspecified atom stereocenters. The molecule has 0 amide bonds. The van der Waals surface area contributed by atoms with Gasteiger partial charge in [0, 0.05) is 25.7 Å². The molecule has 0 aromatic carbocycles. The maximum Gasteiger partial charge on any atom is 0.472 e. The van der Waals surface area contributed by atoms with E-state index in [0.29, 0.717) is 25.7 Å². The van der Waals surface area contributed by atoms with Crippen molar-refractivity contribution in [1.82, 2.24) is 0 Å². The number of aliphatic hydroxyl groups excluding tert-OH is 1. The zero-order valence-corrected chi connectivity index (χ0v) is 64.5. The maximum atomic E-state index is 13.1. The van der Waals surface area contributed by atoms with Crippen LogP contribution in [0.15, 0.2) is 0 Å². The minimum Gasteiger partial charge on any atom is -0.462 e. The average Bonchev–Trinajstić information content (AvgIpc) is 2.27. The van der Waals surface area contributed by atoms with Gasteiger partial charge in [0.05, 0.1) is 26.4 Å². The fourth-order valence-electron chi connectivity index (χ4n) is 11.8. The van der Waals surface area contributed by atoms with E-state index in [2.05, 4.69) is 41.5 Å². The summed E-state index contributed by atoms with van der Waals surface area (Å²) >= 11 is 0. The minimum atomic E-state index is -4.96. The molecule has 0 spiro atoms. The van der Waals surface area contributed by atoms with Crippen LogP contribution in [0.2, 0.25) is 0 Å². The van der Waals surface area contributed by atoms with Gasteiger partial charge in [-0.15, -0.1) is 0 Å². The third-order valence-corrected chi connectivity index (χ3v) is 20.6. The normalized spacial score (nSPS) is 14.6. The quantitative estimate of drug-likeness (QED) is 0.0222. The van der Waals surface area contributed by atoms with Crippen molar-refractivity contribution in [3.63, 3.8) is 0 Å². The number of carbonyl (C=O) groups is 4. The van der Waals surface area contributed by atoms with Crippen molar-refractivity contribution in [2.24, 2.45) is 11.8 Å². The van der Waals surface area contributed by atoms with E-state index in [1.54, 1.807) is 0 Å². The number of phosphoric ester groups is 2. The molecule has 96 heavy (non-hydrogen) atoms. The summed E-state index contributed by atoms with van der Waals surface area (Å²) in [5.74, 6) is -0.419. The molecule has 0 heterocycles. The first kappa shape index (κ1) is 94.1. The van der Waals surface area contributed by atoms with E-state index >= 15 is 0 Å². The van der Waals surface area contributed by atoms with E-state index in [1.807, 2.05) is 0 Å². The summed E-state index contributed by atoms with van der Waals surface area (Å²) in [6.45, 7) is 9.69. The van der Waals surface area contributed by atoms with Crippen LogP contribution >= 0.6 is 15.6 Å². The van der Waals surface area contributed by atoms with Crippen molar-refractivity contribution in [3.05, 3.63) is 0 Å². The van der Waals surface area contributed by atoms with Crippen LogP contribution < -0.4 is 0 Å². The van der Waals surface area contributed by atoms with Crippen LogP contribution in [0.25, 0.3) is 0 Å². The molecule has 0 fully saturated rings. The van der Waals surface area contributed by atoms with Crippen LogP contribution in [0, 0.1) is 11.8 Å². The van der Waals surface area contributed by atoms with E-state index in [0.717, 1.165) is 108 Å². The molecule has 0 rings (SSSR count). The highest BCUT2D eigenvalue weighted by atomic mass is 31.2. The van der Waals surface area contributed by atoms with Gasteiger partial charge < -0.3 is 33.8 Å². The molecule has 0 saturated carbocycles. The molecule has 3 N–H and O–H groups in total. The topological polar surface area (TPSA) is 237 Å². The van der Waals surface area contributed by atoms with Crippen LogP contribution in [0.1, 0.15) is 401 Å². The molecule has 0 aromatic rings. The Morgan fingerprint density at radius 2 is 0.500 bits per heavy atom. The number of ether oxygens (including phenoxy) is 4. The molecule has 17 nitrogen and oxygen atoms in total. The van der Waals surface area contributed by atoms with Crippen LogP contribution in [0.3, 0.4) is 0 Å². The lowest BCUT2D eigenvalue weighted by atomic mass is 9.99. The SMILES string of the molecule is CCCCCCCCCCCCCCC(=O)O[C@H](COC(=O)CCCCCCCCCC)COP(=O)(O)OC[C@H](O)COP(=O)(O)OC[C@@H](COC(=O)CCCCCCCCCCCCCCCCC(C)CC)OC(=O)CCCCCCCCCCCCCCCCC(C)CC. The van der Waals surface area contributed by atoms with Crippen LogP contribution in [0.4, 0.5) is 0 Å². The van der Waals surface area contributed by atoms with Crippen molar-refractivity contribution >= 4 is 39.5 Å². The van der Waals surface area contributed by atoms with E-state index in [-0.39, 0.29) is 25.7 Å². The van der Waals surface area contributed by atoms with E-state index in [4.69, 9.17) is 37.0 Å². The van der Waals surface area contributed by atoms with Crippen molar-refractivity contribution in [2.45, 2.75) is 419 Å². The lowest BCUT2D eigenvalue weighted by molar-refractivity contribution is -0.161. The van der Waals surface area contributed by atoms with Crippen molar-refractivity contribution in [3.8, 4) is 0 Å². The average molecular weight is 1410 g/mol. The fourth-order valence-corrected chi connectivity index (χ4v) is 13.3. The largest absolute Gasteiger partial charge is 0.472 e. The van der Waals surface area contributed by atoms with E-state index in [1.165, 1.54) is 212 Å². The second-order valence-corrected chi connectivity index (χ2v) is 31.1. The molecular formula is C77H150O17P2. The third kappa shape index (κ3) is 67.9. The van der Waals surface area contributed by atoms with Gasteiger partial charge in [-0.1, -0.05) is 350 Å². The van der Waals surface area contributed by atoms with Gasteiger partial charge in [0.2, 0.25) is 0 Å². The maximum absolute atomic E-state index is 13.1. The zero-order chi connectivity index (χ0) is 70.7. The zero-order valence-electron chi connectivity index (χ0n) is 62.7. The van der Waals surface area contributed by atoms with Gasteiger partial charge in [-0.05, 0) is 37.5 Å². The highest BCUT2D eigenvalue weighted by Crippen LogP contribution is 2.45. The summed E-state index contributed by atoms with van der Waals surface area (Å²) in [5, 5.41) is 10.6. The van der Waals surface area contributed by atoms with Crippen molar-refractivity contribution in [2.75, 3.05) is 39.6 Å². The van der Waals surface area contributed by atoms with Crippen LogP contribution in [0.5, 0.6) is 0 Å². The summed E-state index contributed by atoms with van der Waals surface area (Å²) in [7, 11) is -9.91. The molecule has 0 bridgehead atoms. The predicted octanol–water partition coefficient (Wildman–Crippen LogP) is 22.7. The minimum absolute atomic E-state index is 0.107. The number of unbranched alkanes of at least 4 members (excludes halogenated alkanes) is 44. The number of aliphatic hydroxyl groups is 1. The first-order valence-electron chi connectivity index (χ1n) is 40.1. The molecular weight excluding hydrogens is 1260 g/mol. The molecule has 19 heteroatoms. The molecule has 0 aliphatic carbocycles. The lowest BCUT2D eigenvalue weighted by Crippen LogP contribution is -2.30. The Morgan fingerprint density at radius 1 is 0.292 bits per heavy atom. The Hall–Kier alpha value is -1.94. The van der Waals surface area contributed by atoms with E-state index < -0.39 is 97.5 Å². The van der Waals surface area contributed by atoms with Gasteiger partial charge in [0.1, 0.15) is 19.3 Å². The van der Waals surface area contributed by atoms with Gasteiger partial charge >= 0.3 is 39.5 Å². The first-order valence-corrected chi connectivity index (χ1v) is 43.1. The first-order chi connectivity index (χ1) is 46.4. The standard InChI is InChI=1S/C77H150O17P2/c1-7-11-13-15-17-19-20-31-37-43-49-55-61-76(81)93-72(65-87-74(79)59-53-47-41-18-16-14-12-8-2)67-91-95(83,84)89-63-71(78)64-90-96(85,86)92-68-73(94-77(82)62-56-50-44-38-33-28-24-22-26-30-35-40-46-52-58-70(6)10-4)66-88-75(80)60-54-48-42-36-32-27-23-21-25-29-34-39-45-51-57-69(5)9-3/h69-73,78H,7-68H2,1-6H3,(H,83,84)(H,85,86)/t69?,70?,71-,72+,73+/m0/s1. The summed E-state index contributed by atoms with van der Waals surface area (Å²) in [6, 6.07) is 0. The second-order valence-electron chi connectivity index (χ2n) is 28.2. The van der Waals surface area contributed by atoms with E-state index in [9.17, 15) is 43.2 Å². The number of rotatable bonds is 76.